The van der Waals surface area contributed by atoms with Gasteiger partial charge < -0.3 is 10.6 Å². The van der Waals surface area contributed by atoms with Crippen molar-refractivity contribution in [3.63, 3.8) is 0 Å². The molecule has 2 aromatic heterocycles. The second kappa shape index (κ2) is 6.90. The first-order valence-electron chi connectivity index (χ1n) is 6.05. The molecule has 0 aliphatic carbocycles. The van der Waals surface area contributed by atoms with E-state index in [4.69, 9.17) is 0 Å². The largest absolute Gasteiger partial charge is 0.369 e. The summed E-state index contributed by atoms with van der Waals surface area (Å²) in [4.78, 5) is 19.9. The Morgan fingerprint density at radius 3 is 2.65 bits per heavy atom. The molecule has 0 unspecified atom stereocenters. The van der Waals surface area contributed by atoms with Gasteiger partial charge in [-0.25, -0.2) is 9.97 Å². The SMILES string of the molecule is CCCNc1ccc(C(=O)Nc2cnc(Br)cn2)nn1. The van der Waals surface area contributed by atoms with E-state index in [1.807, 2.05) is 0 Å². The second-order valence-corrected chi connectivity index (χ2v) is 4.72. The first-order chi connectivity index (χ1) is 9.69. The van der Waals surface area contributed by atoms with Gasteiger partial charge in [0.15, 0.2) is 11.5 Å². The van der Waals surface area contributed by atoms with E-state index in [0.717, 1.165) is 13.0 Å². The lowest BCUT2D eigenvalue weighted by molar-refractivity contribution is 0.102. The van der Waals surface area contributed by atoms with Crippen molar-refractivity contribution in [1.82, 2.24) is 20.2 Å². The zero-order chi connectivity index (χ0) is 14.4. The zero-order valence-corrected chi connectivity index (χ0v) is 12.4. The maximum Gasteiger partial charge on any atom is 0.277 e. The third kappa shape index (κ3) is 3.95. The van der Waals surface area contributed by atoms with E-state index < -0.39 is 0 Å². The van der Waals surface area contributed by atoms with E-state index in [2.05, 4.69) is 53.7 Å². The predicted octanol–water partition coefficient (Wildman–Crippen LogP) is 2.10. The lowest BCUT2D eigenvalue weighted by Crippen LogP contribution is -2.16. The molecule has 2 aromatic rings. The Labute approximate surface area is 124 Å². The van der Waals surface area contributed by atoms with Crippen molar-refractivity contribution in [2.45, 2.75) is 13.3 Å². The number of anilines is 2. The molecule has 20 heavy (non-hydrogen) atoms. The lowest BCUT2D eigenvalue weighted by Gasteiger charge is -2.05. The Morgan fingerprint density at radius 2 is 2.05 bits per heavy atom. The van der Waals surface area contributed by atoms with E-state index in [1.54, 1.807) is 12.1 Å². The summed E-state index contributed by atoms with van der Waals surface area (Å²) >= 11 is 3.17. The normalized spacial score (nSPS) is 10.1. The second-order valence-electron chi connectivity index (χ2n) is 3.91. The maximum atomic E-state index is 11.9. The van der Waals surface area contributed by atoms with E-state index in [0.29, 0.717) is 16.2 Å². The molecule has 0 bridgehead atoms. The van der Waals surface area contributed by atoms with Gasteiger partial charge in [-0.3, -0.25) is 4.79 Å². The molecule has 0 radical (unpaired) electrons. The summed E-state index contributed by atoms with van der Waals surface area (Å²) in [5.41, 5.74) is 0.219. The van der Waals surface area contributed by atoms with Crippen molar-refractivity contribution in [2.24, 2.45) is 0 Å². The summed E-state index contributed by atoms with van der Waals surface area (Å²) in [5.74, 6) is 0.621. The molecule has 0 aliphatic rings. The summed E-state index contributed by atoms with van der Waals surface area (Å²) < 4.78 is 0.599. The number of carbonyl (C=O) groups is 1. The third-order valence-corrected chi connectivity index (χ3v) is 2.72. The molecule has 2 N–H and O–H groups in total. The van der Waals surface area contributed by atoms with Crippen LogP contribution in [0.1, 0.15) is 23.8 Å². The minimum atomic E-state index is -0.379. The van der Waals surface area contributed by atoms with Crippen molar-refractivity contribution in [3.05, 3.63) is 34.8 Å². The van der Waals surface area contributed by atoms with Crippen LogP contribution in [-0.4, -0.2) is 32.6 Å². The first-order valence-corrected chi connectivity index (χ1v) is 6.85. The van der Waals surface area contributed by atoms with Crippen molar-refractivity contribution in [3.8, 4) is 0 Å². The van der Waals surface area contributed by atoms with Gasteiger partial charge >= 0.3 is 0 Å². The van der Waals surface area contributed by atoms with Gasteiger partial charge in [0.25, 0.3) is 5.91 Å². The van der Waals surface area contributed by atoms with Gasteiger partial charge in [-0.2, -0.15) is 0 Å². The van der Waals surface area contributed by atoms with Crippen molar-refractivity contribution < 1.29 is 4.79 Å². The number of halogens is 1. The molecule has 0 spiro atoms. The zero-order valence-electron chi connectivity index (χ0n) is 10.8. The van der Waals surface area contributed by atoms with Gasteiger partial charge in [0, 0.05) is 6.54 Å². The average molecular weight is 337 g/mol. The topological polar surface area (TPSA) is 92.7 Å². The first kappa shape index (κ1) is 14.3. The third-order valence-electron chi connectivity index (χ3n) is 2.32. The van der Waals surface area contributed by atoms with Crippen LogP contribution in [0.2, 0.25) is 0 Å². The van der Waals surface area contributed by atoms with Crippen LogP contribution in [0.25, 0.3) is 0 Å². The molecule has 0 aromatic carbocycles. The smallest absolute Gasteiger partial charge is 0.277 e. The van der Waals surface area contributed by atoms with Crippen LogP contribution in [0.15, 0.2) is 29.1 Å². The van der Waals surface area contributed by atoms with Crippen LogP contribution >= 0.6 is 15.9 Å². The minimum absolute atomic E-state index is 0.219. The van der Waals surface area contributed by atoms with E-state index in [9.17, 15) is 4.79 Å². The highest BCUT2D eigenvalue weighted by atomic mass is 79.9. The number of nitrogens with zero attached hydrogens (tertiary/aromatic N) is 4. The predicted molar refractivity (Wildman–Crippen MR) is 78.5 cm³/mol. The highest BCUT2D eigenvalue weighted by Crippen LogP contribution is 2.08. The van der Waals surface area contributed by atoms with Gasteiger partial charge in [-0.05, 0) is 34.5 Å². The number of hydrogen-bond donors (Lipinski definition) is 2. The fourth-order valence-electron chi connectivity index (χ4n) is 1.36. The Kier molecular flexibility index (Phi) is 4.94. The van der Waals surface area contributed by atoms with Crippen molar-refractivity contribution in [1.29, 1.82) is 0 Å². The number of carbonyl (C=O) groups excluding carboxylic acids is 1. The van der Waals surface area contributed by atoms with Crippen molar-refractivity contribution >= 4 is 33.5 Å². The molecule has 0 saturated carbocycles. The summed E-state index contributed by atoms with van der Waals surface area (Å²) in [6, 6.07) is 3.32. The van der Waals surface area contributed by atoms with Gasteiger partial charge in [0.05, 0.1) is 12.4 Å². The molecule has 0 saturated heterocycles. The number of nitrogens with one attached hydrogen (secondary N) is 2. The van der Waals surface area contributed by atoms with E-state index in [-0.39, 0.29) is 11.6 Å². The van der Waals surface area contributed by atoms with Crippen LogP contribution in [0.3, 0.4) is 0 Å². The quantitative estimate of drug-likeness (QED) is 0.868. The molecule has 0 fully saturated rings. The number of amides is 1. The van der Waals surface area contributed by atoms with Crippen LogP contribution < -0.4 is 10.6 Å². The maximum absolute atomic E-state index is 11.9. The standard InChI is InChI=1S/C12H13BrN6O/c1-2-5-14-10-4-3-8(18-19-10)12(20)17-11-7-15-9(13)6-16-11/h3-4,6-7H,2,5H2,1H3,(H,14,19)(H,16,17,20). The molecule has 0 aliphatic heterocycles. The molecular weight excluding hydrogens is 324 g/mol. The fraction of sp³-hybridized carbons (Fsp3) is 0.250. The van der Waals surface area contributed by atoms with Gasteiger partial charge in [-0.1, -0.05) is 6.92 Å². The van der Waals surface area contributed by atoms with Crippen molar-refractivity contribution in [2.75, 3.05) is 17.2 Å². The highest BCUT2D eigenvalue weighted by molar-refractivity contribution is 9.10. The molecule has 1 amide bonds. The molecule has 104 valence electrons. The Balaban J connectivity index is 2.00. The monoisotopic (exact) mass is 336 g/mol. The van der Waals surface area contributed by atoms with Gasteiger partial charge in [-0.15, -0.1) is 10.2 Å². The number of hydrogen-bond acceptors (Lipinski definition) is 6. The highest BCUT2D eigenvalue weighted by Gasteiger charge is 2.09. The summed E-state index contributed by atoms with van der Waals surface area (Å²) in [5, 5.41) is 13.5. The number of rotatable bonds is 5. The minimum Gasteiger partial charge on any atom is -0.369 e. The molecule has 7 nitrogen and oxygen atoms in total. The summed E-state index contributed by atoms with van der Waals surface area (Å²) in [7, 11) is 0. The fourth-order valence-corrected chi connectivity index (χ4v) is 1.56. The van der Waals surface area contributed by atoms with Crippen LogP contribution in [0.5, 0.6) is 0 Å². The van der Waals surface area contributed by atoms with E-state index >= 15 is 0 Å². The molecule has 2 rings (SSSR count). The van der Waals surface area contributed by atoms with Crippen LogP contribution in [0, 0.1) is 0 Å². The Hall–Kier alpha value is -2.09. The Morgan fingerprint density at radius 1 is 1.20 bits per heavy atom. The summed E-state index contributed by atoms with van der Waals surface area (Å²) in [6.45, 7) is 2.87. The van der Waals surface area contributed by atoms with E-state index in [1.165, 1.54) is 12.4 Å². The average Bonchev–Trinajstić information content (AvgIpc) is 2.48. The molecule has 2 heterocycles. The molecule has 0 atom stereocenters. The van der Waals surface area contributed by atoms with Gasteiger partial charge in [0.1, 0.15) is 10.4 Å². The van der Waals surface area contributed by atoms with Crippen LogP contribution in [-0.2, 0) is 0 Å². The molecular formula is C12H13BrN6O. The summed E-state index contributed by atoms with van der Waals surface area (Å²) in [6.07, 6.45) is 3.94. The molecule has 8 heteroatoms. The Bertz CT molecular complexity index is 572. The number of aromatic nitrogens is 4. The lowest BCUT2D eigenvalue weighted by atomic mass is 10.3. The van der Waals surface area contributed by atoms with Gasteiger partial charge in [0.2, 0.25) is 0 Å². The van der Waals surface area contributed by atoms with Crippen LogP contribution in [0.4, 0.5) is 11.6 Å².